The van der Waals surface area contributed by atoms with E-state index in [9.17, 15) is 0 Å². The van der Waals surface area contributed by atoms with Gasteiger partial charge in [0.25, 0.3) is 0 Å². The van der Waals surface area contributed by atoms with Gasteiger partial charge in [0.2, 0.25) is 0 Å². The first-order chi connectivity index (χ1) is 7.24. The number of benzene rings is 1. The SMILES string of the molecule is ClC1CCCN(Cc2ccc(Br)cc2)C1. The van der Waals surface area contributed by atoms with Crippen LogP contribution in [0.5, 0.6) is 0 Å². The molecule has 1 nitrogen and oxygen atoms in total. The molecule has 0 radical (unpaired) electrons. The Balaban J connectivity index is 1.93. The van der Waals surface area contributed by atoms with Gasteiger partial charge >= 0.3 is 0 Å². The number of hydrogen-bond acceptors (Lipinski definition) is 1. The fraction of sp³-hybridized carbons (Fsp3) is 0.500. The van der Waals surface area contributed by atoms with E-state index in [0.717, 1.165) is 17.6 Å². The highest BCUT2D eigenvalue weighted by atomic mass is 79.9. The van der Waals surface area contributed by atoms with Crippen molar-refractivity contribution in [2.75, 3.05) is 13.1 Å². The molecule has 0 amide bonds. The predicted molar refractivity (Wildman–Crippen MR) is 68.3 cm³/mol. The Morgan fingerprint density at radius 3 is 2.73 bits per heavy atom. The summed E-state index contributed by atoms with van der Waals surface area (Å²) in [6, 6.07) is 8.53. The Hall–Kier alpha value is -0.0500. The van der Waals surface area contributed by atoms with Crippen molar-refractivity contribution in [1.82, 2.24) is 4.90 Å². The summed E-state index contributed by atoms with van der Waals surface area (Å²) in [5.74, 6) is 0. The summed E-state index contributed by atoms with van der Waals surface area (Å²) < 4.78 is 1.14. The Kier molecular flexibility index (Phi) is 4.06. The van der Waals surface area contributed by atoms with Gasteiger partial charge in [-0.05, 0) is 37.1 Å². The van der Waals surface area contributed by atoms with Crippen LogP contribution >= 0.6 is 27.5 Å². The van der Waals surface area contributed by atoms with Crippen molar-refractivity contribution in [1.29, 1.82) is 0 Å². The molecule has 1 saturated heterocycles. The molecule has 1 heterocycles. The minimum Gasteiger partial charge on any atom is -0.298 e. The van der Waals surface area contributed by atoms with Crippen molar-refractivity contribution in [2.24, 2.45) is 0 Å². The summed E-state index contributed by atoms with van der Waals surface area (Å²) >= 11 is 9.60. The normalized spacial score (nSPS) is 22.9. The van der Waals surface area contributed by atoms with E-state index < -0.39 is 0 Å². The zero-order valence-corrected chi connectivity index (χ0v) is 11.0. The van der Waals surface area contributed by atoms with Crippen molar-refractivity contribution >= 4 is 27.5 Å². The van der Waals surface area contributed by atoms with Crippen LogP contribution in [0.3, 0.4) is 0 Å². The van der Waals surface area contributed by atoms with E-state index in [2.05, 4.69) is 45.1 Å². The minimum absolute atomic E-state index is 0.342. The van der Waals surface area contributed by atoms with Gasteiger partial charge in [0.15, 0.2) is 0 Å². The zero-order chi connectivity index (χ0) is 10.7. The van der Waals surface area contributed by atoms with E-state index in [4.69, 9.17) is 11.6 Å². The average molecular weight is 289 g/mol. The summed E-state index contributed by atoms with van der Waals surface area (Å²) in [6.07, 6.45) is 2.39. The fourth-order valence-electron chi connectivity index (χ4n) is 1.99. The van der Waals surface area contributed by atoms with Gasteiger partial charge in [-0.15, -0.1) is 11.6 Å². The maximum Gasteiger partial charge on any atom is 0.0463 e. The zero-order valence-electron chi connectivity index (χ0n) is 8.63. The molecule has 0 aliphatic carbocycles. The van der Waals surface area contributed by atoms with Crippen LogP contribution in [-0.2, 0) is 6.54 Å². The molecule has 1 fully saturated rings. The Morgan fingerprint density at radius 1 is 1.33 bits per heavy atom. The molecule has 0 aromatic heterocycles. The Bertz CT molecular complexity index is 312. The lowest BCUT2D eigenvalue weighted by Gasteiger charge is -2.29. The van der Waals surface area contributed by atoms with Crippen LogP contribution in [0.1, 0.15) is 18.4 Å². The Labute approximate surface area is 105 Å². The number of piperidine rings is 1. The number of rotatable bonds is 2. The quantitative estimate of drug-likeness (QED) is 0.751. The highest BCUT2D eigenvalue weighted by molar-refractivity contribution is 9.10. The highest BCUT2D eigenvalue weighted by Gasteiger charge is 2.17. The van der Waals surface area contributed by atoms with E-state index in [0.29, 0.717) is 5.38 Å². The molecule has 0 bridgehead atoms. The largest absolute Gasteiger partial charge is 0.298 e. The van der Waals surface area contributed by atoms with Gasteiger partial charge in [0.05, 0.1) is 0 Å². The van der Waals surface area contributed by atoms with Crippen LogP contribution in [0.15, 0.2) is 28.7 Å². The second-order valence-corrected chi connectivity index (χ2v) is 5.63. The molecule has 1 atom stereocenters. The lowest BCUT2D eigenvalue weighted by molar-refractivity contribution is 0.224. The third kappa shape index (κ3) is 3.47. The molecule has 1 aromatic rings. The summed E-state index contributed by atoms with van der Waals surface area (Å²) in [7, 11) is 0. The number of alkyl halides is 1. The maximum absolute atomic E-state index is 6.15. The van der Waals surface area contributed by atoms with Crippen molar-refractivity contribution in [2.45, 2.75) is 24.8 Å². The van der Waals surface area contributed by atoms with Gasteiger partial charge in [0, 0.05) is 22.9 Å². The molecule has 1 aliphatic heterocycles. The van der Waals surface area contributed by atoms with E-state index in [1.54, 1.807) is 0 Å². The van der Waals surface area contributed by atoms with Crippen molar-refractivity contribution < 1.29 is 0 Å². The van der Waals surface area contributed by atoms with Crippen LogP contribution in [-0.4, -0.2) is 23.4 Å². The number of nitrogens with zero attached hydrogens (tertiary/aromatic N) is 1. The van der Waals surface area contributed by atoms with Crippen LogP contribution in [0, 0.1) is 0 Å². The second-order valence-electron chi connectivity index (χ2n) is 4.10. The van der Waals surface area contributed by atoms with Crippen molar-refractivity contribution in [3.8, 4) is 0 Å². The average Bonchev–Trinajstić information content (AvgIpc) is 2.22. The predicted octanol–water partition coefficient (Wildman–Crippen LogP) is 3.65. The third-order valence-corrected chi connectivity index (χ3v) is 3.65. The third-order valence-electron chi connectivity index (χ3n) is 2.77. The van der Waals surface area contributed by atoms with Gasteiger partial charge in [-0.2, -0.15) is 0 Å². The first-order valence-corrected chi connectivity index (χ1v) is 6.58. The van der Waals surface area contributed by atoms with Crippen LogP contribution in [0.25, 0.3) is 0 Å². The lowest BCUT2D eigenvalue weighted by Crippen LogP contribution is -2.35. The van der Waals surface area contributed by atoms with Gasteiger partial charge in [-0.1, -0.05) is 28.1 Å². The molecule has 3 heteroatoms. The van der Waals surface area contributed by atoms with E-state index in [1.165, 1.54) is 24.9 Å². The Morgan fingerprint density at radius 2 is 2.07 bits per heavy atom. The highest BCUT2D eigenvalue weighted by Crippen LogP contribution is 2.18. The molecule has 1 aromatic carbocycles. The van der Waals surface area contributed by atoms with Crippen molar-refractivity contribution in [3.63, 3.8) is 0 Å². The first kappa shape index (κ1) is 11.4. The minimum atomic E-state index is 0.342. The topological polar surface area (TPSA) is 3.24 Å². The molecule has 82 valence electrons. The van der Waals surface area contributed by atoms with Gasteiger partial charge in [0.1, 0.15) is 0 Å². The second kappa shape index (κ2) is 5.33. The molecule has 2 rings (SSSR count). The van der Waals surface area contributed by atoms with E-state index in [1.807, 2.05) is 0 Å². The van der Waals surface area contributed by atoms with Crippen molar-refractivity contribution in [3.05, 3.63) is 34.3 Å². The maximum atomic E-state index is 6.15. The lowest BCUT2D eigenvalue weighted by atomic mass is 10.1. The van der Waals surface area contributed by atoms with Crippen LogP contribution < -0.4 is 0 Å². The number of hydrogen-bond donors (Lipinski definition) is 0. The molecule has 0 N–H and O–H groups in total. The summed E-state index contributed by atoms with van der Waals surface area (Å²) in [4.78, 5) is 2.43. The first-order valence-electron chi connectivity index (χ1n) is 5.35. The summed E-state index contributed by atoms with van der Waals surface area (Å²) in [6.45, 7) is 3.23. The smallest absolute Gasteiger partial charge is 0.0463 e. The van der Waals surface area contributed by atoms with E-state index >= 15 is 0 Å². The monoisotopic (exact) mass is 287 g/mol. The van der Waals surface area contributed by atoms with E-state index in [-0.39, 0.29) is 0 Å². The standard InChI is InChI=1S/C12H15BrClN/c13-11-5-3-10(4-6-11)8-15-7-1-2-12(14)9-15/h3-6,12H,1-2,7-9H2. The molecule has 0 saturated carbocycles. The molecular formula is C12H15BrClN. The van der Waals surface area contributed by atoms with Crippen LogP contribution in [0.4, 0.5) is 0 Å². The molecule has 1 aliphatic rings. The molecule has 15 heavy (non-hydrogen) atoms. The van der Waals surface area contributed by atoms with Gasteiger partial charge in [-0.25, -0.2) is 0 Å². The number of halogens is 2. The van der Waals surface area contributed by atoms with Gasteiger partial charge < -0.3 is 0 Å². The summed E-state index contributed by atoms with van der Waals surface area (Å²) in [5, 5.41) is 0.342. The number of likely N-dealkylation sites (tertiary alicyclic amines) is 1. The van der Waals surface area contributed by atoms with Crippen LogP contribution in [0.2, 0.25) is 0 Å². The van der Waals surface area contributed by atoms with Gasteiger partial charge in [-0.3, -0.25) is 4.90 Å². The summed E-state index contributed by atoms with van der Waals surface area (Å²) in [5.41, 5.74) is 1.36. The molecular weight excluding hydrogens is 273 g/mol. The molecule has 0 spiro atoms. The molecule has 1 unspecified atom stereocenters. The fourth-order valence-corrected chi connectivity index (χ4v) is 2.60.